The number of amides is 1. The van der Waals surface area contributed by atoms with Crippen molar-refractivity contribution in [1.29, 1.82) is 0 Å². The maximum Gasteiger partial charge on any atom is 0.340 e. The van der Waals surface area contributed by atoms with E-state index in [4.69, 9.17) is 16.3 Å². The van der Waals surface area contributed by atoms with E-state index < -0.39 is 17.9 Å². The first kappa shape index (κ1) is 18.7. The normalized spacial score (nSPS) is 25.0. The number of halogens is 2. The third-order valence-corrected chi connectivity index (χ3v) is 5.15. The SMILES string of the molecule is C[C@H]1[C@@H](NC(=O)[C@@H](C)OC(=O)c2ccc(F)cc2Cl)CCC[C@@H]1C. The van der Waals surface area contributed by atoms with Crippen LogP contribution in [-0.2, 0) is 9.53 Å². The molecule has 1 aromatic rings. The second-order valence-corrected chi connectivity index (χ2v) is 6.96. The summed E-state index contributed by atoms with van der Waals surface area (Å²) < 4.78 is 18.2. The van der Waals surface area contributed by atoms with Crippen LogP contribution in [0.2, 0.25) is 5.02 Å². The van der Waals surface area contributed by atoms with Crippen molar-refractivity contribution in [1.82, 2.24) is 5.32 Å². The van der Waals surface area contributed by atoms with E-state index in [1.165, 1.54) is 19.4 Å². The van der Waals surface area contributed by atoms with Gasteiger partial charge in [-0.3, -0.25) is 4.79 Å². The van der Waals surface area contributed by atoms with Crippen LogP contribution in [0.1, 0.15) is 50.4 Å². The molecule has 6 heteroatoms. The number of hydrogen-bond donors (Lipinski definition) is 1. The molecule has 0 spiro atoms. The fourth-order valence-corrected chi connectivity index (χ4v) is 3.26. The van der Waals surface area contributed by atoms with E-state index in [0.29, 0.717) is 11.8 Å². The van der Waals surface area contributed by atoms with Crippen molar-refractivity contribution >= 4 is 23.5 Å². The summed E-state index contributed by atoms with van der Waals surface area (Å²) in [6, 6.07) is 3.50. The van der Waals surface area contributed by atoms with E-state index in [1.54, 1.807) is 0 Å². The molecule has 1 saturated carbocycles. The molecule has 1 aliphatic rings. The lowest BCUT2D eigenvalue weighted by Crippen LogP contribution is -2.47. The van der Waals surface area contributed by atoms with Crippen molar-refractivity contribution < 1.29 is 18.7 Å². The van der Waals surface area contributed by atoms with E-state index in [2.05, 4.69) is 19.2 Å². The van der Waals surface area contributed by atoms with Gasteiger partial charge in [-0.25, -0.2) is 9.18 Å². The molecule has 1 N–H and O–H groups in total. The van der Waals surface area contributed by atoms with Crippen molar-refractivity contribution in [2.75, 3.05) is 0 Å². The number of carbonyl (C=O) groups is 2. The highest BCUT2D eigenvalue weighted by Gasteiger charge is 2.30. The van der Waals surface area contributed by atoms with Gasteiger partial charge in [-0.2, -0.15) is 0 Å². The highest BCUT2D eigenvalue weighted by atomic mass is 35.5. The van der Waals surface area contributed by atoms with Gasteiger partial charge in [0.2, 0.25) is 0 Å². The first-order valence-electron chi connectivity index (χ1n) is 8.26. The van der Waals surface area contributed by atoms with Gasteiger partial charge < -0.3 is 10.1 Å². The molecule has 0 bridgehead atoms. The quantitative estimate of drug-likeness (QED) is 0.831. The van der Waals surface area contributed by atoms with Gasteiger partial charge in [-0.15, -0.1) is 0 Å². The monoisotopic (exact) mass is 355 g/mol. The van der Waals surface area contributed by atoms with Gasteiger partial charge in [0, 0.05) is 6.04 Å². The highest BCUT2D eigenvalue weighted by Crippen LogP contribution is 2.29. The Kier molecular flexibility index (Phi) is 6.21. The van der Waals surface area contributed by atoms with Crippen LogP contribution >= 0.6 is 11.6 Å². The number of esters is 1. The van der Waals surface area contributed by atoms with Crippen LogP contribution in [0.3, 0.4) is 0 Å². The Balaban J connectivity index is 1.94. The van der Waals surface area contributed by atoms with Crippen LogP contribution in [0.15, 0.2) is 18.2 Å². The molecule has 1 aliphatic carbocycles. The Morgan fingerprint density at radius 1 is 1.33 bits per heavy atom. The Hall–Kier alpha value is -1.62. The molecule has 4 atom stereocenters. The predicted octanol–water partition coefficient (Wildman–Crippen LogP) is 3.97. The molecule has 0 unspecified atom stereocenters. The first-order chi connectivity index (χ1) is 11.3. The van der Waals surface area contributed by atoms with Crippen LogP contribution in [-0.4, -0.2) is 24.0 Å². The number of hydrogen-bond acceptors (Lipinski definition) is 3. The lowest BCUT2D eigenvalue weighted by atomic mass is 9.78. The molecular weight excluding hydrogens is 333 g/mol. The zero-order valence-corrected chi connectivity index (χ0v) is 14.9. The Bertz CT molecular complexity index is 622. The largest absolute Gasteiger partial charge is 0.449 e. The summed E-state index contributed by atoms with van der Waals surface area (Å²) in [5.74, 6) is -0.667. The minimum absolute atomic E-state index is 0.0392. The minimum atomic E-state index is -0.942. The summed E-state index contributed by atoms with van der Waals surface area (Å²) in [6.45, 7) is 5.83. The fourth-order valence-electron chi connectivity index (χ4n) is 3.02. The molecule has 0 aliphatic heterocycles. The van der Waals surface area contributed by atoms with E-state index in [-0.39, 0.29) is 22.5 Å². The van der Waals surface area contributed by atoms with Crippen molar-refractivity contribution in [3.05, 3.63) is 34.6 Å². The van der Waals surface area contributed by atoms with E-state index >= 15 is 0 Å². The van der Waals surface area contributed by atoms with Crippen LogP contribution in [0, 0.1) is 17.7 Å². The number of carbonyl (C=O) groups excluding carboxylic acids is 2. The van der Waals surface area contributed by atoms with Gasteiger partial charge in [0.25, 0.3) is 5.91 Å². The van der Waals surface area contributed by atoms with Crippen LogP contribution in [0.25, 0.3) is 0 Å². The molecule has 2 rings (SSSR count). The van der Waals surface area contributed by atoms with Gasteiger partial charge in [0.15, 0.2) is 6.10 Å². The average Bonchev–Trinajstić information content (AvgIpc) is 2.51. The third-order valence-electron chi connectivity index (χ3n) is 4.84. The molecule has 4 nitrogen and oxygen atoms in total. The van der Waals surface area contributed by atoms with Gasteiger partial charge in [-0.1, -0.05) is 38.3 Å². The Labute approximate surface area is 146 Å². The number of nitrogens with one attached hydrogen (secondary N) is 1. The topological polar surface area (TPSA) is 55.4 Å². The van der Waals surface area contributed by atoms with Gasteiger partial charge in [-0.05, 0) is 43.4 Å². The van der Waals surface area contributed by atoms with Gasteiger partial charge in [0.05, 0.1) is 10.6 Å². The summed E-state index contributed by atoms with van der Waals surface area (Å²) in [5.41, 5.74) is 0.0392. The molecule has 0 radical (unpaired) electrons. The average molecular weight is 356 g/mol. The molecule has 0 aromatic heterocycles. The molecule has 132 valence electrons. The molecular formula is C18H23ClFNO3. The fraction of sp³-hybridized carbons (Fsp3) is 0.556. The van der Waals surface area contributed by atoms with Crippen LogP contribution < -0.4 is 5.32 Å². The second kappa shape index (κ2) is 7.97. The minimum Gasteiger partial charge on any atom is -0.449 e. The molecule has 0 heterocycles. The van der Waals surface area contributed by atoms with E-state index in [9.17, 15) is 14.0 Å². The predicted molar refractivity (Wildman–Crippen MR) is 90.4 cm³/mol. The molecule has 0 saturated heterocycles. The summed E-state index contributed by atoms with van der Waals surface area (Å²) in [7, 11) is 0. The van der Waals surface area contributed by atoms with Crippen molar-refractivity contribution in [3.63, 3.8) is 0 Å². The summed E-state index contributed by atoms with van der Waals surface area (Å²) in [5, 5.41) is 2.93. The van der Waals surface area contributed by atoms with Crippen LogP contribution in [0.4, 0.5) is 4.39 Å². The van der Waals surface area contributed by atoms with Gasteiger partial charge >= 0.3 is 5.97 Å². The lowest BCUT2D eigenvalue weighted by molar-refractivity contribution is -0.130. The smallest absolute Gasteiger partial charge is 0.340 e. The third kappa shape index (κ3) is 4.47. The van der Waals surface area contributed by atoms with Crippen molar-refractivity contribution in [2.45, 2.75) is 52.2 Å². The van der Waals surface area contributed by atoms with Crippen molar-refractivity contribution in [3.8, 4) is 0 Å². The molecule has 1 aromatic carbocycles. The number of benzene rings is 1. The molecule has 1 amide bonds. The second-order valence-electron chi connectivity index (χ2n) is 6.55. The summed E-state index contributed by atoms with van der Waals surface area (Å²) >= 11 is 5.84. The molecule has 1 fully saturated rings. The zero-order valence-electron chi connectivity index (χ0n) is 14.1. The molecule has 24 heavy (non-hydrogen) atoms. The zero-order chi connectivity index (χ0) is 17.9. The number of rotatable bonds is 4. The number of ether oxygens (including phenoxy) is 1. The van der Waals surface area contributed by atoms with Crippen molar-refractivity contribution in [2.24, 2.45) is 11.8 Å². The highest BCUT2D eigenvalue weighted by molar-refractivity contribution is 6.33. The van der Waals surface area contributed by atoms with Gasteiger partial charge in [0.1, 0.15) is 5.82 Å². The standard InChI is InChI=1S/C18H23ClFNO3/c1-10-5-4-6-16(11(10)2)21-17(22)12(3)24-18(23)14-8-7-13(20)9-15(14)19/h7-12,16H,4-6H2,1-3H3,(H,21,22)/t10-,11+,12+,16-/m0/s1. The maximum atomic E-state index is 13.0. The Morgan fingerprint density at radius 2 is 2.04 bits per heavy atom. The summed E-state index contributed by atoms with van der Waals surface area (Å²) in [4.78, 5) is 24.4. The van der Waals surface area contributed by atoms with E-state index in [0.717, 1.165) is 25.0 Å². The van der Waals surface area contributed by atoms with E-state index in [1.807, 2.05) is 0 Å². The van der Waals surface area contributed by atoms with Crippen LogP contribution in [0.5, 0.6) is 0 Å². The summed E-state index contributed by atoms with van der Waals surface area (Å²) in [6.07, 6.45) is 2.24. The first-order valence-corrected chi connectivity index (χ1v) is 8.63. The maximum absolute atomic E-state index is 13.0. The lowest BCUT2D eigenvalue weighted by Gasteiger charge is -2.35. The Morgan fingerprint density at radius 3 is 2.71 bits per heavy atom.